The molecule has 0 bridgehead atoms. The number of carbonyl (C=O) groups is 10. The third-order valence-electron chi connectivity index (χ3n) is 15.2. The SMILES string of the molecule is COC(=O)C(C)(C)NC(=O)[C@H](Cc1ccc(O)cc1)NC(=O)C(C)(C)NC(=O)CC1(CNC(=O)OC(C)(C)C)CCCCC1.COC(=O)C(C)(C)NC(=O)[C@H](Cc1ccc(O)cc1)NC(=O)C(C)(C)NC(=O)CC1(CNC(=O)OC(C)(C)C)CCCCC1.O.O. The van der Waals surface area contributed by atoms with Crippen LogP contribution in [-0.4, -0.2) is 153 Å². The van der Waals surface area contributed by atoms with Gasteiger partial charge in [-0.05, 0) is 169 Å². The Bertz CT molecular complexity index is 2550. The maximum atomic E-state index is 13.5. The lowest BCUT2D eigenvalue weighted by Crippen LogP contribution is -2.62. The average Bonchev–Trinajstić information content (AvgIpc) is 1.48. The standard InChI is InChI=1S/2C32H50N4O8.2H2O/c2*1-29(2,3)44-28(42)33-20-32(16-10-9-11-17-32)19-24(38)35-30(4,5)26(40)34-23(18-21-12-14-22(37)15-13-21)25(39)36-31(6,7)27(41)43-8;;/h2*12-15,23,37H,9-11,16-20H2,1-8H3,(H,33,42)(H,34,40)(H,35,38)(H,36,39);2*1H2/t2*23-;;/m00../s1. The Balaban J connectivity index is 0.000000880. The van der Waals surface area contributed by atoms with E-state index in [0.29, 0.717) is 11.1 Å². The molecule has 4 rings (SSSR count). The normalized spacial score (nSPS) is 15.4. The Morgan fingerprint density at radius 2 is 0.733 bits per heavy atom. The van der Waals surface area contributed by atoms with Gasteiger partial charge >= 0.3 is 24.1 Å². The molecule has 90 heavy (non-hydrogen) atoms. The van der Waals surface area contributed by atoms with Gasteiger partial charge < -0.3 is 82.6 Å². The third kappa shape index (κ3) is 27.2. The number of benzene rings is 2. The molecule has 0 saturated heterocycles. The third-order valence-corrected chi connectivity index (χ3v) is 15.2. The van der Waals surface area contributed by atoms with E-state index in [2.05, 4.69) is 42.5 Å². The number of hydrogen-bond donors (Lipinski definition) is 10. The Hall–Kier alpha value is -7.74. The second kappa shape index (κ2) is 33.9. The van der Waals surface area contributed by atoms with Crippen molar-refractivity contribution in [3.63, 3.8) is 0 Å². The molecule has 0 aromatic heterocycles. The summed E-state index contributed by atoms with van der Waals surface area (Å²) in [6.07, 6.45) is 7.96. The first-order valence-corrected chi connectivity index (χ1v) is 30.1. The van der Waals surface area contributed by atoms with Crippen molar-refractivity contribution >= 4 is 59.6 Å². The van der Waals surface area contributed by atoms with Crippen LogP contribution in [0.4, 0.5) is 9.59 Å². The molecule has 508 valence electrons. The summed E-state index contributed by atoms with van der Waals surface area (Å²) in [4.78, 5) is 130. The summed E-state index contributed by atoms with van der Waals surface area (Å²) in [5, 5.41) is 41.3. The van der Waals surface area contributed by atoms with Gasteiger partial charge in [0.15, 0.2) is 0 Å². The summed E-state index contributed by atoms with van der Waals surface area (Å²) < 4.78 is 20.3. The van der Waals surface area contributed by atoms with Gasteiger partial charge in [0, 0.05) is 38.8 Å². The molecule has 8 amide bonds. The Labute approximate surface area is 529 Å². The zero-order valence-corrected chi connectivity index (χ0v) is 55.7. The van der Waals surface area contributed by atoms with Gasteiger partial charge in [0.25, 0.3) is 0 Å². The van der Waals surface area contributed by atoms with Crippen molar-refractivity contribution in [3.05, 3.63) is 59.7 Å². The predicted molar refractivity (Wildman–Crippen MR) is 336 cm³/mol. The highest BCUT2D eigenvalue weighted by Crippen LogP contribution is 2.40. The van der Waals surface area contributed by atoms with Gasteiger partial charge in [-0.3, -0.25) is 28.8 Å². The van der Waals surface area contributed by atoms with Crippen LogP contribution < -0.4 is 42.5 Å². The minimum Gasteiger partial charge on any atom is -0.508 e. The molecular formula is C64H104N8O18. The predicted octanol–water partition coefficient (Wildman–Crippen LogP) is 4.85. The van der Waals surface area contributed by atoms with Gasteiger partial charge in [-0.1, -0.05) is 62.8 Å². The van der Waals surface area contributed by atoms with E-state index < -0.39 is 104 Å². The molecule has 0 heterocycles. The highest BCUT2D eigenvalue weighted by molar-refractivity contribution is 5.97. The van der Waals surface area contributed by atoms with Crippen LogP contribution in [0.25, 0.3) is 0 Å². The zero-order chi connectivity index (χ0) is 66.7. The first kappa shape index (κ1) is 80.3. The van der Waals surface area contributed by atoms with Crippen LogP contribution in [0.15, 0.2) is 48.5 Å². The summed E-state index contributed by atoms with van der Waals surface area (Å²) in [7, 11) is 2.42. The van der Waals surface area contributed by atoms with Gasteiger partial charge in [0.1, 0.15) is 56.9 Å². The number of hydrogen-bond acceptors (Lipinski definition) is 16. The Kier molecular flexibility index (Phi) is 30.2. The van der Waals surface area contributed by atoms with Crippen LogP contribution >= 0.6 is 0 Å². The molecule has 0 spiro atoms. The number of carbonyl (C=O) groups excluding carboxylic acids is 10. The summed E-state index contributed by atoms with van der Waals surface area (Å²) in [5.41, 5.74) is -6.50. The number of aromatic hydroxyl groups is 2. The van der Waals surface area contributed by atoms with Crippen LogP contribution in [0.5, 0.6) is 11.5 Å². The number of phenolic OH excluding ortho intramolecular Hbond substituents is 2. The van der Waals surface area contributed by atoms with Crippen molar-refractivity contribution in [2.75, 3.05) is 27.3 Å². The summed E-state index contributed by atoms with van der Waals surface area (Å²) in [6, 6.07) is 10.1. The van der Waals surface area contributed by atoms with Gasteiger partial charge in [-0.2, -0.15) is 0 Å². The molecule has 2 fully saturated rings. The Morgan fingerprint density at radius 3 is 1.00 bits per heavy atom. The lowest BCUT2D eigenvalue weighted by Gasteiger charge is -2.38. The Morgan fingerprint density at radius 1 is 0.444 bits per heavy atom. The molecule has 26 nitrogen and oxygen atoms in total. The lowest BCUT2D eigenvalue weighted by atomic mass is 9.71. The molecule has 0 aliphatic heterocycles. The molecule has 0 unspecified atom stereocenters. The van der Waals surface area contributed by atoms with E-state index in [1.807, 2.05) is 0 Å². The van der Waals surface area contributed by atoms with Gasteiger partial charge in [0.2, 0.25) is 35.4 Å². The van der Waals surface area contributed by atoms with Crippen LogP contribution in [-0.2, 0) is 70.1 Å². The molecule has 2 aliphatic rings. The fourth-order valence-corrected chi connectivity index (χ4v) is 10.4. The van der Waals surface area contributed by atoms with Gasteiger partial charge in [0.05, 0.1) is 14.2 Å². The van der Waals surface area contributed by atoms with E-state index >= 15 is 0 Å². The molecule has 2 atom stereocenters. The highest BCUT2D eigenvalue weighted by atomic mass is 16.6. The van der Waals surface area contributed by atoms with Crippen molar-refractivity contribution in [3.8, 4) is 11.5 Å². The maximum absolute atomic E-state index is 13.5. The van der Waals surface area contributed by atoms with Crippen molar-refractivity contribution in [1.82, 2.24) is 42.5 Å². The van der Waals surface area contributed by atoms with Crippen LogP contribution in [0.2, 0.25) is 0 Å². The summed E-state index contributed by atoms with van der Waals surface area (Å²) in [5.74, 6) is -4.41. The molecule has 2 aromatic rings. The van der Waals surface area contributed by atoms with E-state index in [1.54, 1.807) is 93.5 Å². The van der Waals surface area contributed by atoms with E-state index in [0.717, 1.165) is 64.2 Å². The van der Waals surface area contributed by atoms with Gasteiger partial charge in [-0.15, -0.1) is 0 Å². The molecule has 26 heteroatoms. The van der Waals surface area contributed by atoms with Crippen molar-refractivity contribution in [2.24, 2.45) is 10.8 Å². The van der Waals surface area contributed by atoms with E-state index in [1.165, 1.54) is 66.2 Å². The van der Waals surface area contributed by atoms with Crippen molar-refractivity contribution in [2.45, 2.75) is 232 Å². The molecule has 0 radical (unpaired) electrons. The van der Waals surface area contributed by atoms with Gasteiger partial charge in [-0.25, -0.2) is 19.2 Å². The molecule has 14 N–H and O–H groups in total. The lowest BCUT2D eigenvalue weighted by molar-refractivity contribution is -0.150. The molecular weight excluding hydrogens is 1170 g/mol. The van der Waals surface area contributed by atoms with E-state index in [9.17, 15) is 58.2 Å². The largest absolute Gasteiger partial charge is 0.508 e. The zero-order valence-electron chi connectivity index (χ0n) is 55.7. The average molecular weight is 1270 g/mol. The number of rotatable bonds is 24. The van der Waals surface area contributed by atoms with Crippen molar-refractivity contribution in [1.29, 1.82) is 0 Å². The summed E-state index contributed by atoms with van der Waals surface area (Å²) in [6.45, 7) is 23.3. The van der Waals surface area contributed by atoms with Crippen molar-refractivity contribution < 1.29 is 88.1 Å². The quantitative estimate of drug-likeness (QED) is 0.0496. The fraction of sp³-hybridized carbons (Fsp3) is 0.656. The number of alkyl carbamates (subject to hydrolysis) is 2. The number of nitrogens with one attached hydrogen (secondary N) is 8. The topological polar surface area (TPSA) is 407 Å². The smallest absolute Gasteiger partial charge is 0.407 e. The van der Waals surface area contributed by atoms with Crippen LogP contribution in [0.1, 0.15) is 185 Å². The molecule has 2 aromatic carbocycles. The van der Waals surface area contributed by atoms with Crippen LogP contribution in [0, 0.1) is 10.8 Å². The number of esters is 2. The minimum atomic E-state index is -1.41. The fourth-order valence-electron chi connectivity index (χ4n) is 10.4. The van der Waals surface area contributed by atoms with Crippen LogP contribution in [0.3, 0.4) is 0 Å². The minimum absolute atomic E-state index is 0. The maximum Gasteiger partial charge on any atom is 0.407 e. The highest BCUT2D eigenvalue weighted by Gasteiger charge is 2.42. The van der Waals surface area contributed by atoms with E-state index in [4.69, 9.17) is 18.9 Å². The number of phenols is 2. The monoisotopic (exact) mass is 1270 g/mol. The summed E-state index contributed by atoms with van der Waals surface area (Å²) >= 11 is 0. The number of ether oxygens (including phenoxy) is 4. The van der Waals surface area contributed by atoms with E-state index in [-0.39, 0.29) is 73.0 Å². The number of methoxy groups -OCH3 is 2. The molecule has 2 aliphatic carbocycles. The first-order valence-electron chi connectivity index (χ1n) is 30.1. The second-order valence-corrected chi connectivity index (χ2v) is 27.5. The molecule has 2 saturated carbocycles. The second-order valence-electron chi connectivity index (χ2n) is 27.5. The first-order chi connectivity index (χ1) is 40.5. The number of amides is 8.